The third-order valence-electron chi connectivity index (χ3n) is 2.75. The summed E-state index contributed by atoms with van der Waals surface area (Å²) in [5.74, 6) is 0.0726. The second-order valence-electron chi connectivity index (χ2n) is 3.78. The molecule has 0 spiro atoms. The maximum Gasteiger partial charge on any atom is 0.248 e. The maximum atomic E-state index is 11.8. The number of nitrogens with two attached hydrogens (primary N) is 1. The number of rotatable bonds is 1. The normalized spacial score (nSPS) is 19.8. The highest BCUT2D eigenvalue weighted by molar-refractivity contribution is 6.05. The molecule has 0 saturated carbocycles. The molecule has 0 aromatic heterocycles. The van der Waals surface area contributed by atoms with E-state index in [0.29, 0.717) is 6.54 Å². The van der Waals surface area contributed by atoms with Gasteiger partial charge in [-0.05, 0) is 18.6 Å². The van der Waals surface area contributed by atoms with Crippen molar-refractivity contribution in [2.75, 3.05) is 17.3 Å². The van der Waals surface area contributed by atoms with Crippen LogP contribution in [0, 0.1) is 0 Å². The zero-order chi connectivity index (χ0) is 11.0. The molecule has 1 atom stereocenters. The fourth-order valence-corrected chi connectivity index (χ4v) is 1.96. The van der Waals surface area contributed by atoms with Crippen molar-refractivity contribution in [3.05, 3.63) is 23.8 Å². The minimum Gasteiger partial charge on any atom is -0.372 e. The fourth-order valence-electron chi connectivity index (χ4n) is 1.96. The molecule has 4 nitrogen and oxygen atoms in total. The molecule has 1 aliphatic rings. The van der Waals surface area contributed by atoms with E-state index < -0.39 is 0 Å². The van der Waals surface area contributed by atoms with E-state index in [1.54, 1.807) is 11.9 Å². The predicted molar refractivity (Wildman–Crippen MR) is 60.8 cm³/mol. The number of likely N-dealkylation sites (N-methyl/N-ethyl adjacent to an activating group) is 1. The van der Waals surface area contributed by atoms with Gasteiger partial charge in [0.15, 0.2) is 0 Å². The highest BCUT2D eigenvalue weighted by Gasteiger charge is 2.27. The van der Waals surface area contributed by atoms with Gasteiger partial charge in [-0.2, -0.15) is 0 Å². The SMILES string of the molecule is CC1Nc2cccc(CN)c2N(C)C1=O. The Balaban J connectivity index is 2.55. The lowest BCUT2D eigenvalue weighted by molar-refractivity contribution is -0.118. The molecular formula is C11H15N3O. The number of hydrogen-bond donors (Lipinski definition) is 2. The zero-order valence-electron chi connectivity index (χ0n) is 8.95. The van der Waals surface area contributed by atoms with E-state index in [0.717, 1.165) is 16.9 Å². The molecule has 0 saturated heterocycles. The fraction of sp³-hybridized carbons (Fsp3) is 0.364. The van der Waals surface area contributed by atoms with Crippen LogP contribution in [0.2, 0.25) is 0 Å². The molecule has 0 bridgehead atoms. The van der Waals surface area contributed by atoms with E-state index in [1.807, 2.05) is 25.1 Å². The molecule has 4 heteroatoms. The second-order valence-corrected chi connectivity index (χ2v) is 3.78. The largest absolute Gasteiger partial charge is 0.372 e. The van der Waals surface area contributed by atoms with Gasteiger partial charge in [0.1, 0.15) is 6.04 Å². The summed E-state index contributed by atoms with van der Waals surface area (Å²) >= 11 is 0. The first-order valence-electron chi connectivity index (χ1n) is 5.01. The molecule has 0 fully saturated rings. The molecule has 1 heterocycles. The van der Waals surface area contributed by atoms with Crippen molar-refractivity contribution in [2.24, 2.45) is 5.73 Å². The zero-order valence-corrected chi connectivity index (χ0v) is 8.95. The summed E-state index contributed by atoms with van der Waals surface area (Å²) in [5, 5.41) is 3.17. The number of carbonyl (C=O) groups excluding carboxylic acids is 1. The molecule has 2 rings (SSSR count). The first-order valence-corrected chi connectivity index (χ1v) is 5.01. The van der Waals surface area contributed by atoms with E-state index in [1.165, 1.54) is 0 Å². The van der Waals surface area contributed by atoms with Gasteiger partial charge in [-0.1, -0.05) is 12.1 Å². The lowest BCUT2D eigenvalue weighted by Gasteiger charge is -2.32. The maximum absolute atomic E-state index is 11.8. The van der Waals surface area contributed by atoms with Gasteiger partial charge < -0.3 is 16.0 Å². The Bertz CT molecular complexity index is 403. The Kier molecular flexibility index (Phi) is 2.36. The molecule has 3 N–H and O–H groups in total. The third-order valence-corrected chi connectivity index (χ3v) is 2.75. The number of nitrogens with zero attached hydrogens (tertiary/aromatic N) is 1. The van der Waals surface area contributed by atoms with Crippen LogP contribution in [0.15, 0.2) is 18.2 Å². The van der Waals surface area contributed by atoms with Gasteiger partial charge in [-0.15, -0.1) is 0 Å². The van der Waals surface area contributed by atoms with Crippen LogP contribution >= 0.6 is 0 Å². The lowest BCUT2D eigenvalue weighted by Crippen LogP contribution is -2.44. The molecule has 1 aliphatic heterocycles. The molecular weight excluding hydrogens is 190 g/mol. The highest BCUT2D eigenvalue weighted by Crippen LogP contribution is 2.33. The number of benzene rings is 1. The number of nitrogens with one attached hydrogen (secondary N) is 1. The Morgan fingerprint density at radius 1 is 1.53 bits per heavy atom. The Morgan fingerprint density at radius 2 is 2.27 bits per heavy atom. The predicted octanol–water partition coefficient (Wildman–Crippen LogP) is 0.922. The van der Waals surface area contributed by atoms with Crippen LogP contribution in [0.25, 0.3) is 0 Å². The molecule has 1 aromatic rings. The van der Waals surface area contributed by atoms with Gasteiger partial charge in [0.2, 0.25) is 5.91 Å². The van der Waals surface area contributed by atoms with E-state index in [9.17, 15) is 4.79 Å². The summed E-state index contributed by atoms with van der Waals surface area (Å²) in [6.45, 7) is 2.30. The van der Waals surface area contributed by atoms with Crippen molar-refractivity contribution >= 4 is 17.3 Å². The molecule has 1 amide bonds. The minimum absolute atomic E-state index is 0.0726. The van der Waals surface area contributed by atoms with Crippen LogP contribution in [0.5, 0.6) is 0 Å². The van der Waals surface area contributed by atoms with Gasteiger partial charge in [0, 0.05) is 13.6 Å². The highest BCUT2D eigenvalue weighted by atomic mass is 16.2. The summed E-state index contributed by atoms with van der Waals surface area (Å²) < 4.78 is 0. The smallest absolute Gasteiger partial charge is 0.248 e. The number of hydrogen-bond acceptors (Lipinski definition) is 3. The summed E-state index contributed by atoms with van der Waals surface area (Å²) in [4.78, 5) is 13.5. The minimum atomic E-state index is -0.171. The van der Waals surface area contributed by atoms with Crippen molar-refractivity contribution in [1.82, 2.24) is 0 Å². The monoisotopic (exact) mass is 205 g/mol. The van der Waals surface area contributed by atoms with Crippen molar-refractivity contribution in [3.63, 3.8) is 0 Å². The van der Waals surface area contributed by atoms with Crippen molar-refractivity contribution in [1.29, 1.82) is 0 Å². The number of fused-ring (bicyclic) bond motifs is 1. The molecule has 1 unspecified atom stereocenters. The average molecular weight is 205 g/mol. The quantitative estimate of drug-likeness (QED) is 0.716. The summed E-state index contributed by atoms with van der Waals surface area (Å²) in [6, 6.07) is 5.69. The number of anilines is 2. The van der Waals surface area contributed by atoms with Crippen LogP contribution in [0.4, 0.5) is 11.4 Å². The summed E-state index contributed by atoms with van der Waals surface area (Å²) in [7, 11) is 1.79. The number of para-hydroxylation sites is 1. The molecule has 0 radical (unpaired) electrons. The average Bonchev–Trinajstić information content (AvgIpc) is 2.25. The first kappa shape index (κ1) is 9.98. The Morgan fingerprint density at radius 3 is 2.93 bits per heavy atom. The van der Waals surface area contributed by atoms with Gasteiger partial charge in [0.25, 0.3) is 0 Å². The summed E-state index contributed by atoms with van der Waals surface area (Å²) in [6.07, 6.45) is 0. The van der Waals surface area contributed by atoms with Gasteiger partial charge >= 0.3 is 0 Å². The molecule has 0 aliphatic carbocycles. The molecule has 15 heavy (non-hydrogen) atoms. The summed E-state index contributed by atoms with van der Waals surface area (Å²) in [5.41, 5.74) is 8.52. The van der Waals surface area contributed by atoms with E-state index in [-0.39, 0.29) is 11.9 Å². The lowest BCUT2D eigenvalue weighted by atomic mass is 10.1. The van der Waals surface area contributed by atoms with Crippen molar-refractivity contribution < 1.29 is 4.79 Å². The first-order chi connectivity index (χ1) is 7.15. The second kappa shape index (κ2) is 3.55. The van der Waals surface area contributed by atoms with Crippen molar-refractivity contribution in [2.45, 2.75) is 19.5 Å². The topological polar surface area (TPSA) is 58.4 Å². The van der Waals surface area contributed by atoms with E-state index >= 15 is 0 Å². The van der Waals surface area contributed by atoms with Crippen LogP contribution in [-0.2, 0) is 11.3 Å². The van der Waals surface area contributed by atoms with Gasteiger partial charge in [-0.3, -0.25) is 4.79 Å². The van der Waals surface area contributed by atoms with Crippen LogP contribution in [0.1, 0.15) is 12.5 Å². The number of amides is 1. The standard InChI is InChI=1S/C11H15N3O/c1-7-11(15)14(2)10-8(6-12)4-3-5-9(10)13-7/h3-5,7,13H,6,12H2,1-2H3. The third kappa shape index (κ3) is 1.47. The Labute approximate surface area is 89.1 Å². The Hall–Kier alpha value is -1.55. The van der Waals surface area contributed by atoms with E-state index in [4.69, 9.17) is 5.73 Å². The van der Waals surface area contributed by atoms with E-state index in [2.05, 4.69) is 5.32 Å². The van der Waals surface area contributed by atoms with Crippen LogP contribution in [0.3, 0.4) is 0 Å². The van der Waals surface area contributed by atoms with Gasteiger partial charge in [-0.25, -0.2) is 0 Å². The van der Waals surface area contributed by atoms with Crippen molar-refractivity contribution in [3.8, 4) is 0 Å². The molecule has 80 valence electrons. The molecule has 1 aromatic carbocycles. The van der Waals surface area contributed by atoms with Gasteiger partial charge in [0.05, 0.1) is 11.4 Å². The van der Waals surface area contributed by atoms with Crippen LogP contribution < -0.4 is 16.0 Å². The number of carbonyl (C=O) groups is 1. The van der Waals surface area contributed by atoms with Crippen LogP contribution in [-0.4, -0.2) is 19.0 Å².